The molecule has 0 spiro atoms. The Morgan fingerprint density at radius 2 is 2.12 bits per heavy atom. The number of halogens is 1. The molecule has 0 bridgehead atoms. The summed E-state index contributed by atoms with van der Waals surface area (Å²) in [6.45, 7) is 4.87. The number of carbonyl (C=O) groups is 1. The first-order chi connectivity index (χ1) is 12.1. The van der Waals surface area contributed by atoms with Gasteiger partial charge in [-0.3, -0.25) is 9.69 Å². The lowest BCUT2D eigenvalue weighted by Crippen LogP contribution is -2.47. The average molecular weight is 358 g/mol. The molecular weight excluding hydrogens is 334 g/mol. The van der Waals surface area contributed by atoms with E-state index in [1.54, 1.807) is 6.07 Å². The minimum Gasteiger partial charge on any atom is -0.348 e. The molecule has 1 aliphatic heterocycles. The van der Waals surface area contributed by atoms with Crippen LogP contribution in [-0.4, -0.2) is 34.9 Å². The SMILES string of the molecule is CCc1cc(C(=O)NC2CCCN(Cc3ccccc3)C2)cc(Cl)n1. The Morgan fingerprint density at radius 3 is 2.88 bits per heavy atom. The van der Waals surface area contributed by atoms with Gasteiger partial charge in [0, 0.05) is 30.4 Å². The van der Waals surface area contributed by atoms with Gasteiger partial charge in [-0.15, -0.1) is 0 Å². The minimum absolute atomic E-state index is 0.0643. The van der Waals surface area contributed by atoms with Crippen LogP contribution >= 0.6 is 11.6 Å². The predicted molar refractivity (Wildman–Crippen MR) is 101 cm³/mol. The molecule has 1 atom stereocenters. The molecule has 1 aromatic heterocycles. The van der Waals surface area contributed by atoms with E-state index in [1.165, 1.54) is 5.56 Å². The Morgan fingerprint density at radius 1 is 1.32 bits per heavy atom. The maximum atomic E-state index is 12.6. The highest BCUT2D eigenvalue weighted by Gasteiger charge is 2.22. The first-order valence-electron chi connectivity index (χ1n) is 8.87. The number of likely N-dealkylation sites (tertiary alicyclic amines) is 1. The van der Waals surface area contributed by atoms with Gasteiger partial charge >= 0.3 is 0 Å². The third-order valence-electron chi connectivity index (χ3n) is 4.56. The molecule has 1 unspecified atom stereocenters. The van der Waals surface area contributed by atoms with Gasteiger partial charge in [0.05, 0.1) is 0 Å². The number of aromatic nitrogens is 1. The van der Waals surface area contributed by atoms with Gasteiger partial charge in [-0.2, -0.15) is 0 Å². The molecule has 1 saturated heterocycles. The van der Waals surface area contributed by atoms with Crippen molar-refractivity contribution in [3.63, 3.8) is 0 Å². The zero-order valence-corrected chi connectivity index (χ0v) is 15.3. The molecule has 132 valence electrons. The lowest BCUT2D eigenvalue weighted by Gasteiger charge is -2.33. The Hall–Kier alpha value is -1.91. The maximum absolute atomic E-state index is 12.6. The fourth-order valence-electron chi connectivity index (χ4n) is 3.29. The lowest BCUT2D eigenvalue weighted by molar-refractivity contribution is 0.0900. The molecule has 0 radical (unpaired) electrons. The Labute approximate surface area is 154 Å². The minimum atomic E-state index is -0.0643. The van der Waals surface area contributed by atoms with E-state index in [0.29, 0.717) is 10.7 Å². The number of hydrogen-bond donors (Lipinski definition) is 1. The summed E-state index contributed by atoms with van der Waals surface area (Å²) in [5, 5.41) is 3.54. The molecule has 5 heteroatoms. The molecule has 0 saturated carbocycles. The summed E-state index contributed by atoms with van der Waals surface area (Å²) in [5.41, 5.74) is 2.74. The number of amides is 1. The molecule has 2 heterocycles. The molecule has 0 aliphatic carbocycles. The highest BCUT2D eigenvalue weighted by atomic mass is 35.5. The average Bonchev–Trinajstić information content (AvgIpc) is 2.62. The predicted octanol–water partition coefficient (Wildman–Crippen LogP) is 3.69. The normalized spacial score (nSPS) is 18.1. The summed E-state index contributed by atoms with van der Waals surface area (Å²) >= 11 is 6.03. The van der Waals surface area contributed by atoms with Crippen LogP contribution in [0.1, 0.15) is 41.4 Å². The largest absolute Gasteiger partial charge is 0.348 e. The Kier molecular flexibility index (Phi) is 6.05. The summed E-state index contributed by atoms with van der Waals surface area (Å²) in [6, 6.07) is 14.1. The summed E-state index contributed by atoms with van der Waals surface area (Å²) in [7, 11) is 0. The van der Waals surface area contributed by atoms with Crippen molar-refractivity contribution in [3.8, 4) is 0 Å². The van der Waals surface area contributed by atoms with Crippen molar-refractivity contribution in [1.29, 1.82) is 0 Å². The van der Waals surface area contributed by atoms with Gasteiger partial charge in [0.15, 0.2) is 0 Å². The van der Waals surface area contributed by atoms with Gasteiger partial charge in [0.25, 0.3) is 5.91 Å². The van der Waals surface area contributed by atoms with Gasteiger partial charge in [0.2, 0.25) is 0 Å². The van der Waals surface area contributed by atoms with Gasteiger partial charge in [-0.05, 0) is 43.5 Å². The van der Waals surface area contributed by atoms with Crippen molar-refractivity contribution >= 4 is 17.5 Å². The number of nitrogens with zero attached hydrogens (tertiary/aromatic N) is 2. The number of hydrogen-bond acceptors (Lipinski definition) is 3. The smallest absolute Gasteiger partial charge is 0.251 e. The Bertz CT molecular complexity index is 720. The van der Waals surface area contributed by atoms with Crippen molar-refractivity contribution in [2.45, 2.75) is 38.8 Å². The number of piperidine rings is 1. The van der Waals surface area contributed by atoms with Gasteiger partial charge < -0.3 is 5.32 Å². The zero-order chi connectivity index (χ0) is 17.6. The van der Waals surface area contributed by atoms with Crippen LogP contribution in [0.15, 0.2) is 42.5 Å². The number of carbonyl (C=O) groups excluding carboxylic acids is 1. The van der Waals surface area contributed by atoms with Crippen LogP contribution in [0.5, 0.6) is 0 Å². The van der Waals surface area contributed by atoms with Crippen LogP contribution in [0.2, 0.25) is 5.15 Å². The molecule has 2 aromatic rings. The zero-order valence-electron chi connectivity index (χ0n) is 14.5. The molecule has 1 aliphatic rings. The summed E-state index contributed by atoms with van der Waals surface area (Å²) < 4.78 is 0. The molecule has 4 nitrogen and oxygen atoms in total. The topological polar surface area (TPSA) is 45.2 Å². The third-order valence-corrected chi connectivity index (χ3v) is 4.75. The van der Waals surface area contributed by atoms with Crippen molar-refractivity contribution < 1.29 is 4.79 Å². The van der Waals surface area contributed by atoms with Crippen LogP contribution in [0, 0.1) is 0 Å². The van der Waals surface area contributed by atoms with E-state index in [4.69, 9.17) is 11.6 Å². The van der Waals surface area contributed by atoms with Crippen LogP contribution < -0.4 is 5.32 Å². The lowest BCUT2D eigenvalue weighted by atomic mass is 10.0. The highest BCUT2D eigenvalue weighted by molar-refractivity contribution is 6.29. The van der Waals surface area contributed by atoms with Crippen LogP contribution in [0.4, 0.5) is 0 Å². The first kappa shape index (κ1) is 17.9. The van der Waals surface area contributed by atoms with Crippen LogP contribution in [-0.2, 0) is 13.0 Å². The third kappa shape index (κ3) is 5.03. The van der Waals surface area contributed by atoms with E-state index >= 15 is 0 Å². The summed E-state index contributed by atoms with van der Waals surface area (Å²) in [5.74, 6) is -0.0643. The second-order valence-corrected chi connectivity index (χ2v) is 6.94. The number of benzene rings is 1. The highest BCUT2D eigenvalue weighted by Crippen LogP contribution is 2.16. The summed E-state index contributed by atoms with van der Waals surface area (Å²) in [4.78, 5) is 19.2. The van der Waals surface area contributed by atoms with Crippen molar-refractivity contribution in [1.82, 2.24) is 15.2 Å². The molecule has 1 N–H and O–H groups in total. The monoisotopic (exact) mass is 357 g/mol. The molecule has 1 aromatic carbocycles. The summed E-state index contributed by atoms with van der Waals surface area (Å²) in [6.07, 6.45) is 2.86. The number of pyridine rings is 1. The number of nitrogens with one attached hydrogen (secondary N) is 1. The Balaban J connectivity index is 1.60. The van der Waals surface area contributed by atoms with Gasteiger partial charge in [-0.25, -0.2) is 4.98 Å². The van der Waals surface area contributed by atoms with Gasteiger partial charge in [0.1, 0.15) is 5.15 Å². The van der Waals surface area contributed by atoms with E-state index in [9.17, 15) is 4.79 Å². The van der Waals surface area contributed by atoms with E-state index in [1.807, 2.05) is 19.1 Å². The molecule has 3 rings (SSSR count). The fraction of sp³-hybridized carbons (Fsp3) is 0.400. The van der Waals surface area contributed by atoms with Crippen molar-refractivity contribution in [2.24, 2.45) is 0 Å². The van der Waals surface area contributed by atoms with Crippen LogP contribution in [0.3, 0.4) is 0 Å². The molecule has 1 amide bonds. The second-order valence-electron chi connectivity index (χ2n) is 6.56. The second kappa shape index (κ2) is 8.45. The van der Waals surface area contributed by atoms with E-state index in [0.717, 1.165) is 44.6 Å². The van der Waals surface area contributed by atoms with Crippen molar-refractivity contribution in [3.05, 3.63) is 64.4 Å². The standard InChI is InChI=1S/C20H24ClN3O/c1-2-17-11-16(12-19(21)22-17)20(25)23-18-9-6-10-24(14-18)13-15-7-4-3-5-8-15/h3-5,7-8,11-12,18H,2,6,9-10,13-14H2,1H3,(H,23,25). The van der Waals surface area contributed by atoms with E-state index < -0.39 is 0 Å². The van der Waals surface area contributed by atoms with Gasteiger partial charge in [-0.1, -0.05) is 48.9 Å². The van der Waals surface area contributed by atoms with Crippen LogP contribution in [0.25, 0.3) is 0 Å². The fourth-order valence-corrected chi connectivity index (χ4v) is 3.52. The first-order valence-corrected chi connectivity index (χ1v) is 9.25. The van der Waals surface area contributed by atoms with E-state index in [2.05, 4.69) is 39.5 Å². The quantitative estimate of drug-likeness (QED) is 0.830. The van der Waals surface area contributed by atoms with E-state index in [-0.39, 0.29) is 11.9 Å². The molecular formula is C20H24ClN3O. The maximum Gasteiger partial charge on any atom is 0.251 e. The number of rotatable bonds is 5. The molecule has 1 fully saturated rings. The van der Waals surface area contributed by atoms with Crippen molar-refractivity contribution in [2.75, 3.05) is 13.1 Å². The molecule has 25 heavy (non-hydrogen) atoms. The number of aryl methyl sites for hydroxylation is 1.